The van der Waals surface area contributed by atoms with Crippen LogP contribution in [-0.2, 0) is 11.3 Å². The van der Waals surface area contributed by atoms with Crippen LogP contribution in [0.1, 0.15) is 5.56 Å². The Morgan fingerprint density at radius 1 is 1.37 bits per heavy atom. The average Bonchev–Trinajstić information content (AvgIpc) is 2.40. The molecule has 0 fully saturated rings. The molecule has 0 spiro atoms. The Kier molecular flexibility index (Phi) is 4.04. The zero-order chi connectivity index (χ0) is 13.7. The minimum Gasteiger partial charge on any atom is -0.380 e. The molecule has 0 saturated carbocycles. The van der Waals surface area contributed by atoms with E-state index >= 15 is 0 Å². The van der Waals surface area contributed by atoms with E-state index in [0.29, 0.717) is 6.61 Å². The summed E-state index contributed by atoms with van der Waals surface area (Å²) in [6, 6.07) is 10.4. The van der Waals surface area contributed by atoms with Crippen LogP contribution in [0.4, 0.5) is 17.2 Å². The number of pyridine rings is 1. The van der Waals surface area contributed by atoms with Gasteiger partial charge >= 0.3 is 5.69 Å². The summed E-state index contributed by atoms with van der Waals surface area (Å²) >= 11 is 0. The number of hydrogen-bond donors (Lipinski definition) is 1. The molecule has 0 amide bonds. The predicted molar refractivity (Wildman–Crippen MR) is 71.3 cm³/mol. The first-order valence-corrected chi connectivity index (χ1v) is 5.65. The Hall–Kier alpha value is -2.47. The van der Waals surface area contributed by atoms with Crippen molar-refractivity contribution in [3.05, 3.63) is 58.3 Å². The lowest BCUT2D eigenvalue weighted by molar-refractivity contribution is -0.384. The molecule has 0 aliphatic heterocycles. The van der Waals surface area contributed by atoms with E-state index in [9.17, 15) is 10.1 Å². The first kappa shape index (κ1) is 13.0. The summed E-state index contributed by atoms with van der Waals surface area (Å²) in [4.78, 5) is 14.4. The van der Waals surface area contributed by atoms with Gasteiger partial charge in [0.15, 0.2) is 0 Å². The molecule has 1 N–H and O–H groups in total. The maximum absolute atomic E-state index is 10.9. The molecular weight excluding hydrogens is 246 g/mol. The SMILES string of the molecule is COCc1cccc(Nc2ncccc2[N+](=O)[O-])c1. The molecule has 0 unspecified atom stereocenters. The number of ether oxygens (including phenoxy) is 1. The standard InChI is InChI=1S/C13H13N3O3/c1-19-9-10-4-2-5-11(8-10)15-13-12(16(17)18)6-3-7-14-13/h2-8H,9H2,1H3,(H,14,15). The van der Waals surface area contributed by atoms with E-state index < -0.39 is 4.92 Å². The molecule has 6 nitrogen and oxygen atoms in total. The summed E-state index contributed by atoms with van der Waals surface area (Å²) in [7, 11) is 1.61. The monoisotopic (exact) mass is 259 g/mol. The van der Waals surface area contributed by atoms with Gasteiger partial charge in [-0.15, -0.1) is 0 Å². The molecule has 0 atom stereocenters. The fourth-order valence-corrected chi connectivity index (χ4v) is 1.68. The lowest BCUT2D eigenvalue weighted by atomic mass is 10.2. The largest absolute Gasteiger partial charge is 0.380 e. The summed E-state index contributed by atoms with van der Waals surface area (Å²) in [5.41, 5.74) is 1.65. The number of benzene rings is 1. The highest BCUT2D eigenvalue weighted by molar-refractivity contribution is 5.65. The van der Waals surface area contributed by atoms with Crippen molar-refractivity contribution < 1.29 is 9.66 Å². The second-order valence-corrected chi connectivity index (χ2v) is 3.89. The molecule has 1 aromatic heterocycles. The third-order valence-electron chi connectivity index (χ3n) is 2.48. The topological polar surface area (TPSA) is 77.3 Å². The number of nitro groups is 1. The van der Waals surface area contributed by atoms with Crippen LogP contribution < -0.4 is 5.32 Å². The van der Waals surface area contributed by atoms with Gasteiger partial charge in [0.2, 0.25) is 5.82 Å². The number of rotatable bonds is 5. The van der Waals surface area contributed by atoms with Crippen LogP contribution in [0.5, 0.6) is 0 Å². The molecule has 2 rings (SSSR count). The van der Waals surface area contributed by atoms with E-state index in [1.807, 2.05) is 24.3 Å². The van der Waals surface area contributed by atoms with Crippen LogP contribution in [0, 0.1) is 10.1 Å². The molecule has 0 aliphatic rings. The summed E-state index contributed by atoms with van der Waals surface area (Å²) in [6.07, 6.45) is 1.51. The molecule has 1 heterocycles. The fourth-order valence-electron chi connectivity index (χ4n) is 1.68. The van der Waals surface area contributed by atoms with Crippen molar-refractivity contribution >= 4 is 17.2 Å². The molecule has 0 bridgehead atoms. The van der Waals surface area contributed by atoms with E-state index in [-0.39, 0.29) is 11.5 Å². The Morgan fingerprint density at radius 3 is 2.95 bits per heavy atom. The summed E-state index contributed by atoms with van der Waals surface area (Å²) in [5.74, 6) is 0.224. The first-order valence-electron chi connectivity index (χ1n) is 5.65. The summed E-state index contributed by atoms with van der Waals surface area (Å²) in [5, 5.41) is 13.8. The van der Waals surface area contributed by atoms with Crippen LogP contribution in [0.15, 0.2) is 42.6 Å². The van der Waals surface area contributed by atoms with Gasteiger partial charge in [-0.1, -0.05) is 12.1 Å². The van der Waals surface area contributed by atoms with E-state index in [2.05, 4.69) is 10.3 Å². The van der Waals surface area contributed by atoms with E-state index in [1.54, 1.807) is 7.11 Å². The number of nitrogens with zero attached hydrogens (tertiary/aromatic N) is 2. The third kappa shape index (κ3) is 3.26. The minimum atomic E-state index is -0.464. The Bertz CT molecular complexity index is 587. The highest BCUT2D eigenvalue weighted by Gasteiger charge is 2.13. The van der Waals surface area contributed by atoms with Crippen molar-refractivity contribution in [1.29, 1.82) is 0 Å². The summed E-state index contributed by atoms with van der Waals surface area (Å²) < 4.78 is 5.04. The Morgan fingerprint density at radius 2 is 2.21 bits per heavy atom. The van der Waals surface area contributed by atoms with Gasteiger partial charge in [-0.25, -0.2) is 4.98 Å². The zero-order valence-electron chi connectivity index (χ0n) is 10.4. The maximum Gasteiger partial charge on any atom is 0.311 e. The fraction of sp³-hybridized carbons (Fsp3) is 0.154. The molecule has 0 aliphatic carbocycles. The molecular formula is C13H13N3O3. The van der Waals surface area contributed by atoms with Crippen LogP contribution in [-0.4, -0.2) is 17.0 Å². The summed E-state index contributed by atoms with van der Waals surface area (Å²) in [6.45, 7) is 0.486. The van der Waals surface area contributed by atoms with Gasteiger partial charge in [0.25, 0.3) is 0 Å². The van der Waals surface area contributed by atoms with Crippen molar-refractivity contribution in [2.45, 2.75) is 6.61 Å². The zero-order valence-corrected chi connectivity index (χ0v) is 10.4. The minimum absolute atomic E-state index is 0.0559. The normalized spacial score (nSPS) is 10.2. The molecule has 6 heteroatoms. The number of methoxy groups -OCH3 is 1. The molecule has 2 aromatic rings. The third-order valence-corrected chi connectivity index (χ3v) is 2.48. The van der Waals surface area contributed by atoms with Gasteiger partial charge in [0.1, 0.15) is 0 Å². The molecule has 1 aromatic carbocycles. The van der Waals surface area contributed by atoms with Gasteiger partial charge < -0.3 is 10.1 Å². The quantitative estimate of drug-likeness (QED) is 0.659. The highest BCUT2D eigenvalue weighted by atomic mass is 16.6. The predicted octanol–water partition coefficient (Wildman–Crippen LogP) is 2.88. The second kappa shape index (κ2) is 5.92. The van der Waals surface area contributed by atoms with Crippen LogP contribution in [0.3, 0.4) is 0 Å². The van der Waals surface area contributed by atoms with Gasteiger partial charge in [-0.2, -0.15) is 0 Å². The van der Waals surface area contributed by atoms with E-state index in [1.165, 1.54) is 18.3 Å². The van der Waals surface area contributed by atoms with Crippen LogP contribution >= 0.6 is 0 Å². The van der Waals surface area contributed by atoms with Crippen molar-refractivity contribution in [1.82, 2.24) is 4.98 Å². The Labute approximate surface area is 110 Å². The molecule has 0 saturated heterocycles. The van der Waals surface area contributed by atoms with Crippen LogP contribution in [0.25, 0.3) is 0 Å². The average molecular weight is 259 g/mol. The van der Waals surface area contributed by atoms with E-state index in [4.69, 9.17) is 4.74 Å². The number of nitrogens with one attached hydrogen (secondary N) is 1. The van der Waals surface area contributed by atoms with Gasteiger partial charge in [0.05, 0.1) is 11.5 Å². The second-order valence-electron chi connectivity index (χ2n) is 3.89. The number of anilines is 2. The molecule has 98 valence electrons. The lowest BCUT2D eigenvalue weighted by Crippen LogP contribution is -1.99. The smallest absolute Gasteiger partial charge is 0.311 e. The lowest BCUT2D eigenvalue weighted by Gasteiger charge is -2.07. The number of hydrogen-bond acceptors (Lipinski definition) is 5. The first-order chi connectivity index (χ1) is 9.20. The van der Waals surface area contributed by atoms with Crippen molar-refractivity contribution in [3.8, 4) is 0 Å². The molecule has 19 heavy (non-hydrogen) atoms. The van der Waals surface area contributed by atoms with Crippen LogP contribution in [0.2, 0.25) is 0 Å². The van der Waals surface area contributed by atoms with Gasteiger partial charge in [0, 0.05) is 25.1 Å². The molecule has 0 radical (unpaired) electrons. The number of aromatic nitrogens is 1. The van der Waals surface area contributed by atoms with Crippen molar-refractivity contribution in [2.24, 2.45) is 0 Å². The highest BCUT2D eigenvalue weighted by Crippen LogP contribution is 2.24. The van der Waals surface area contributed by atoms with Gasteiger partial charge in [-0.3, -0.25) is 10.1 Å². The van der Waals surface area contributed by atoms with Crippen molar-refractivity contribution in [2.75, 3.05) is 12.4 Å². The maximum atomic E-state index is 10.9. The van der Waals surface area contributed by atoms with Gasteiger partial charge in [-0.05, 0) is 23.8 Å². The Balaban J connectivity index is 2.26. The van der Waals surface area contributed by atoms with E-state index in [0.717, 1.165) is 11.3 Å². The van der Waals surface area contributed by atoms with Crippen molar-refractivity contribution in [3.63, 3.8) is 0 Å².